The molecule has 6 nitrogen and oxygen atoms in total. The van der Waals surface area contributed by atoms with Crippen molar-refractivity contribution in [1.29, 1.82) is 0 Å². The van der Waals surface area contributed by atoms with Crippen molar-refractivity contribution < 1.29 is 4.92 Å². The molecule has 6 heteroatoms. The Kier molecular flexibility index (Phi) is 3.91. The van der Waals surface area contributed by atoms with E-state index in [0.717, 1.165) is 24.3 Å². The molecule has 0 unspecified atom stereocenters. The molecule has 19 heavy (non-hydrogen) atoms. The third kappa shape index (κ3) is 3.38. The summed E-state index contributed by atoms with van der Waals surface area (Å²) in [5.74, 6) is 0. The van der Waals surface area contributed by atoms with Crippen molar-refractivity contribution in [2.24, 2.45) is 0 Å². The molecule has 100 valence electrons. The maximum Gasteiger partial charge on any atom is 0.269 e. The maximum absolute atomic E-state index is 10.6. The van der Waals surface area contributed by atoms with E-state index in [1.165, 1.54) is 12.1 Å². The minimum Gasteiger partial charge on any atom is -0.308 e. The summed E-state index contributed by atoms with van der Waals surface area (Å²) in [6.45, 7) is 1.74. The first-order chi connectivity index (χ1) is 9.06. The van der Waals surface area contributed by atoms with Crippen LogP contribution >= 0.6 is 0 Å². The first-order valence-corrected chi connectivity index (χ1v) is 5.99. The number of aromatic nitrogens is 2. The molecule has 0 saturated carbocycles. The van der Waals surface area contributed by atoms with Gasteiger partial charge in [0.25, 0.3) is 5.69 Å². The van der Waals surface area contributed by atoms with Crippen LogP contribution in [0, 0.1) is 10.1 Å². The van der Waals surface area contributed by atoms with E-state index in [4.69, 9.17) is 0 Å². The quantitative estimate of drug-likeness (QED) is 0.609. The number of hydrogen-bond acceptors (Lipinski definition) is 4. The zero-order chi connectivity index (χ0) is 13.8. The second kappa shape index (κ2) is 5.62. The summed E-state index contributed by atoms with van der Waals surface area (Å²) in [6.07, 6.45) is 1.92. The van der Waals surface area contributed by atoms with Crippen LogP contribution in [-0.2, 0) is 6.54 Å². The molecule has 2 rings (SSSR count). The molecule has 0 fully saturated rings. The van der Waals surface area contributed by atoms with E-state index in [0.29, 0.717) is 0 Å². The zero-order valence-electron chi connectivity index (χ0n) is 11.0. The number of nitro groups is 1. The molecule has 0 bridgehead atoms. The fraction of sp³-hybridized carbons (Fsp3) is 0.308. The third-order valence-corrected chi connectivity index (χ3v) is 2.79. The van der Waals surface area contributed by atoms with E-state index in [9.17, 15) is 10.1 Å². The van der Waals surface area contributed by atoms with Gasteiger partial charge < -0.3 is 4.90 Å². The summed E-state index contributed by atoms with van der Waals surface area (Å²) >= 11 is 0. The predicted molar refractivity (Wildman–Crippen MR) is 72.9 cm³/mol. The minimum atomic E-state index is -0.403. The van der Waals surface area contributed by atoms with Crippen LogP contribution in [0.1, 0.15) is 0 Å². The Hall–Kier alpha value is -2.21. The number of rotatable bonds is 5. The van der Waals surface area contributed by atoms with Crippen LogP contribution in [0.3, 0.4) is 0 Å². The highest BCUT2D eigenvalue weighted by molar-refractivity contribution is 5.60. The van der Waals surface area contributed by atoms with E-state index in [2.05, 4.69) is 10.00 Å². The molecule has 0 saturated heterocycles. The Morgan fingerprint density at radius 1 is 1.26 bits per heavy atom. The van der Waals surface area contributed by atoms with Crippen LogP contribution in [-0.4, -0.2) is 40.2 Å². The van der Waals surface area contributed by atoms with Crippen molar-refractivity contribution in [1.82, 2.24) is 14.7 Å². The van der Waals surface area contributed by atoms with Crippen LogP contribution in [0.15, 0.2) is 36.5 Å². The first-order valence-electron chi connectivity index (χ1n) is 5.99. The third-order valence-electron chi connectivity index (χ3n) is 2.79. The molecular formula is C13H16N4O2. The zero-order valence-corrected chi connectivity index (χ0v) is 11.0. The van der Waals surface area contributed by atoms with Gasteiger partial charge >= 0.3 is 0 Å². The molecular weight excluding hydrogens is 244 g/mol. The number of likely N-dealkylation sites (N-methyl/N-ethyl adjacent to an activating group) is 1. The summed E-state index contributed by atoms with van der Waals surface area (Å²) in [7, 11) is 4.03. The summed E-state index contributed by atoms with van der Waals surface area (Å²) in [6, 6.07) is 8.34. The van der Waals surface area contributed by atoms with Gasteiger partial charge in [-0.15, -0.1) is 0 Å². The Morgan fingerprint density at radius 3 is 2.53 bits per heavy atom. The van der Waals surface area contributed by atoms with E-state index < -0.39 is 4.92 Å². The molecule has 1 aromatic carbocycles. The topological polar surface area (TPSA) is 64.2 Å². The van der Waals surface area contributed by atoms with Crippen molar-refractivity contribution in [3.8, 4) is 11.3 Å². The highest BCUT2D eigenvalue weighted by atomic mass is 16.6. The van der Waals surface area contributed by atoms with Crippen molar-refractivity contribution in [2.45, 2.75) is 6.54 Å². The molecule has 0 aliphatic rings. The Bertz CT molecular complexity index is 560. The van der Waals surface area contributed by atoms with Crippen LogP contribution in [0.2, 0.25) is 0 Å². The minimum absolute atomic E-state index is 0.0933. The summed E-state index contributed by atoms with van der Waals surface area (Å²) in [4.78, 5) is 12.3. The van der Waals surface area contributed by atoms with Gasteiger partial charge in [-0.2, -0.15) is 5.10 Å². The molecule has 2 aromatic rings. The molecule has 0 amide bonds. The lowest BCUT2D eigenvalue weighted by atomic mass is 10.1. The molecule has 0 aliphatic carbocycles. The smallest absolute Gasteiger partial charge is 0.269 e. The number of hydrogen-bond donors (Lipinski definition) is 0. The lowest BCUT2D eigenvalue weighted by Crippen LogP contribution is -2.18. The predicted octanol–water partition coefficient (Wildman–Crippen LogP) is 2.02. The fourth-order valence-electron chi connectivity index (χ4n) is 1.70. The molecule has 1 heterocycles. The van der Waals surface area contributed by atoms with Gasteiger partial charge in [0, 0.05) is 30.4 Å². The van der Waals surface area contributed by atoms with Gasteiger partial charge in [0.15, 0.2) is 0 Å². The average molecular weight is 260 g/mol. The van der Waals surface area contributed by atoms with Gasteiger partial charge in [-0.05, 0) is 32.3 Å². The van der Waals surface area contributed by atoms with Crippen molar-refractivity contribution in [3.05, 3.63) is 46.6 Å². The number of nitro benzene ring substituents is 1. The number of nitrogens with zero attached hydrogens (tertiary/aromatic N) is 4. The lowest BCUT2D eigenvalue weighted by molar-refractivity contribution is -0.384. The first kappa shape index (κ1) is 13.2. The van der Waals surface area contributed by atoms with Gasteiger partial charge in [-0.3, -0.25) is 14.8 Å². The van der Waals surface area contributed by atoms with E-state index >= 15 is 0 Å². The number of benzene rings is 1. The van der Waals surface area contributed by atoms with Gasteiger partial charge in [-0.1, -0.05) is 0 Å². The SMILES string of the molecule is CN(C)CCn1ccc(-c2ccc([N+](=O)[O-])cc2)n1. The van der Waals surface area contributed by atoms with Crippen LogP contribution < -0.4 is 0 Å². The van der Waals surface area contributed by atoms with Gasteiger partial charge in [0.1, 0.15) is 0 Å². The lowest BCUT2D eigenvalue weighted by Gasteiger charge is -2.08. The van der Waals surface area contributed by atoms with E-state index in [1.807, 2.05) is 31.0 Å². The molecule has 0 N–H and O–H groups in total. The molecule has 0 atom stereocenters. The van der Waals surface area contributed by atoms with Crippen LogP contribution in [0.5, 0.6) is 0 Å². The van der Waals surface area contributed by atoms with Crippen molar-refractivity contribution in [3.63, 3.8) is 0 Å². The fourth-order valence-corrected chi connectivity index (χ4v) is 1.70. The second-order valence-corrected chi connectivity index (χ2v) is 4.57. The second-order valence-electron chi connectivity index (χ2n) is 4.57. The average Bonchev–Trinajstić information content (AvgIpc) is 2.85. The highest BCUT2D eigenvalue weighted by Crippen LogP contribution is 2.20. The monoisotopic (exact) mass is 260 g/mol. The molecule has 1 aromatic heterocycles. The Balaban J connectivity index is 2.11. The molecule has 0 radical (unpaired) electrons. The summed E-state index contributed by atoms with van der Waals surface area (Å²) in [5.41, 5.74) is 1.80. The molecule has 0 spiro atoms. The van der Waals surface area contributed by atoms with E-state index in [-0.39, 0.29) is 5.69 Å². The maximum atomic E-state index is 10.6. The molecule has 0 aliphatic heterocycles. The normalized spacial score (nSPS) is 10.9. The van der Waals surface area contributed by atoms with Gasteiger partial charge in [0.2, 0.25) is 0 Å². The van der Waals surface area contributed by atoms with Crippen LogP contribution in [0.25, 0.3) is 11.3 Å². The Morgan fingerprint density at radius 2 is 1.95 bits per heavy atom. The van der Waals surface area contributed by atoms with Gasteiger partial charge in [-0.25, -0.2) is 0 Å². The largest absolute Gasteiger partial charge is 0.308 e. The summed E-state index contributed by atoms with van der Waals surface area (Å²) in [5, 5.41) is 15.0. The highest BCUT2D eigenvalue weighted by Gasteiger charge is 2.07. The van der Waals surface area contributed by atoms with E-state index in [1.54, 1.807) is 12.1 Å². The Labute approximate surface area is 111 Å². The van der Waals surface area contributed by atoms with Crippen molar-refractivity contribution >= 4 is 5.69 Å². The van der Waals surface area contributed by atoms with Crippen molar-refractivity contribution in [2.75, 3.05) is 20.6 Å². The van der Waals surface area contributed by atoms with Crippen LogP contribution in [0.4, 0.5) is 5.69 Å². The van der Waals surface area contributed by atoms with Gasteiger partial charge in [0.05, 0.1) is 17.2 Å². The standard InChI is InChI=1S/C13H16N4O2/c1-15(2)9-10-16-8-7-13(14-16)11-3-5-12(6-4-11)17(18)19/h3-8H,9-10H2,1-2H3. The summed E-state index contributed by atoms with van der Waals surface area (Å²) < 4.78 is 1.87. The number of non-ortho nitro benzene ring substituents is 1.